The summed E-state index contributed by atoms with van der Waals surface area (Å²) in [6.07, 6.45) is 1.56. The van der Waals surface area contributed by atoms with Crippen molar-refractivity contribution in [2.45, 2.75) is 25.4 Å². The van der Waals surface area contributed by atoms with E-state index in [1.807, 2.05) is 18.2 Å². The lowest BCUT2D eigenvalue weighted by Crippen LogP contribution is -2.39. The molecule has 0 radical (unpaired) electrons. The molecule has 84 valence electrons. The van der Waals surface area contributed by atoms with Crippen molar-refractivity contribution in [3.05, 3.63) is 35.0 Å². The van der Waals surface area contributed by atoms with Crippen molar-refractivity contribution in [1.29, 1.82) is 0 Å². The molecule has 1 aromatic heterocycles. The van der Waals surface area contributed by atoms with E-state index < -0.39 is 5.60 Å². The van der Waals surface area contributed by atoms with Crippen molar-refractivity contribution in [2.75, 3.05) is 0 Å². The normalized spacial score (nSPS) is 29.3. The summed E-state index contributed by atoms with van der Waals surface area (Å²) in [5.74, 6) is 1.24. The third kappa shape index (κ3) is 1.45. The van der Waals surface area contributed by atoms with Crippen LogP contribution in [0.2, 0.25) is 5.02 Å². The zero-order chi connectivity index (χ0) is 11.3. The van der Waals surface area contributed by atoms with Crippen LogP contribution < -0.4 is 0 Å². The van der Waals surface area contributed by atoms with Gasteiger partial charge in [-0.2, -0.15) is 0 Å². The minimum atomic E-state index is -0.759. The Bertz CT molecular complexity index is 538. The Morgan fingerprint density at radius 3 is 2.81 bits per heavy atom. The summed E-state index contributed by atoms with van der Waals surface area (Å²) in [5.41, 5.74) is 0.0256. The van der Waals surface area contributed by atoms with Gasteiger partial charge in [0.25, 0.3) is 0 Å². The van der Waals surface area contributed by atoms with Crippen LogP contribution in [0.1, 0.15) is 25.5 Å². The molecule has 0 amide bonds. The number of rotatable bonds is 1. The lowest BCUT2D eigenvalue weighted by Gasteiger charge is -2.40. The van der Waals surface area contributed by atoms with E-state index in [1.165, 1.54) is 0 Å². The highest BCUT2D eigenvalue weighted by Crippen LogP contribution is 2.46. The number of hydrogen-bond donors (Lipinski definition) is 1. The van der Waals surface area contributed by atoms with Crippen molar-refractivity contribution in [1.82, 2.24) is 0 Å². The highest BCUT2D eigenvalue weighted by Gasteiger charge is 2.44. The second-order valence-electron chi connectivity index (χ2n) is 4.84. The Morgan fingerprint density at radius 2 is 2.12 bits per heavy atom. The fourth-order valence-corrected chi connectivity index (χ4v) is 2.72. The molecule has 1 aromatic carbocycles. The third-order valence-electron chi connectivity index (χ3n) is 3.31. The van der Waals surface area contributed by atoms with Crippen molar-refractivity contribution < 1.29 is 9.52 Å². The van der Waals surface area contributed by atoms with Gasteiger partial charge in [-0.3, -0.25) is 0 Å². The molecule has 1 saturated carbocycles. The first-order valence-electron chi connectivity index (χ1n) is 5.49. The Labute approximate surface area is 98.8 Å². The Morgan fingerprint density at radius 1 is 1.38 bits per heavy atom. The predicted octanol–water partition coefficient (Wildman–Crippen LogP) is 3.70. The number of benzene rings is 1. The van der Waals surface area contributed by atoms with Crippen LogP contribution in [-0.4, -0.2) is 5.11 Å². The minimum absolute atomic E-state index is 0.571. The van der Waals surface area contributed by atoms with Gasteiger partial charge >= 0.3 is 0 Å². The topological polar surface area (TPSA) is 33.4 Å². The highest BCUT2D eigenvalue weighted by molar-refractivity contribution is 6.31. The molecule has 0 atom stereocenters. The van der Waals surface area contributed by atoms with Gasteiger partial charge in [0.1, 0.15) is 16.9 Å². The van der Waals surface area contributed by atoms with Crippen LogP contribution in [0.15, 0.2) is 28.7 Å². The molecule has 2 aromatic rings. The van der Waals surface area contributed by atoms with Crippen LogP contribution in [0, 0.1) is 5.92 Å². The second-order valence-corrected chi connectivity index (χ2v) is 5.27. The standard InChI is InChI=1S/C13H13ClO2/c1-8-6-13(15,7-8)12-5-9-4-10(14)2-3-11(9)16-12/h2-5,8,15H,6-7H2,1H3. The third-order valence-corrected chi connectivity index (χ3v) is 3.54. The van der Waals surface area contributed by atoms with Gasteiger partial charge in [0.05, 0.1) is 0 Å². The van der Waals surface area contributed by atoms with Gasteiger partial charge in [-0.15, -0.1) is 0 Å². The first kappa shape index (κ1) is 10.2. The minimum Gasteiger partial charge on any atom is -0.458 e. The summed E-state index contributed by atoms with van der Waals surface area (Å²) in [5, 5.41) is 11.9. The van der Waals surface area contributed by atoms with Gasteiger partial charge in [-0.25, -0.2) is 0 Å². The van der Waals surface area contributed by atoms with E-state index in [2.05, 4.69) is 6.92 Å². The number of fused-ring (bicyclic) bond motifs is 1. The summed E-state index contributed by atoms with van der Waals surface area (Å²) in [7, 11) is 0. The summed E-state index contributed by atoms with van der Waals surface area (Å²) < 4.78 is 5.67. The lowest BCUT2D eigenvalue weighted by molar-refractivity contribution is -0.0885. The van der Waals surface area contributed by atoms with Crippen molar-refractivity contribution >= 4 is 22.6 Å². The van der Waals surface area contributed by atoms with Crippen LogP contribution in [0.25, 0.3) is 11.0 Å². The summed E-state index contributed by atoms with van der Waals surface area (Å²) >= 11 is 5.91. The van der Waals surface area contributed by atoms with E-state index in [9.17, 15) is 5.11 Å². The van der Waals surface area contributed by atoms with Crippen molar-refractivity contribution in [2.24, 2.45) is 5.92 Å². The quantitative estimate of drug-likeness (QED) is 0.819. The van der Waals surface area contributed by atoms with Gasteiger partial charge in [-0.05, 0) is 43.0 Å². The molecule has 1 fully saturated rings. The largest absolute Gasteiger partial charge is 0.458 e. The number of halogens is 1. The lowest BCUT2D eigenvalue weighted by atomic mass is 9.70. The molecule has 3 heteroatoms. The van der Waals surface area contributed by atoms with E-state index in [4.69, 9.17) is 16.0 Å². The van der Waals surface area contributed by atoms with Crippen LogP contribution >= 0.6 is 11.6 Å². The second kappa shape index (κ2) is 3.25. The fourth-order valence-electron chi connectivity index (χ4n) is 2.54. The molecule has 0 aliphatic heterocycles. The molecule has 1 aliphatic rings. The van der Waals surface area contributed by atoms with Crippen LogP contribution in [0.4, 0.5) is 0 Å². The smallest absolute Gasteiger partial charge is 0.136 e. The molecule has 16 heavy (non-hydrogen) atoms. The molecular formula is C13H13ClO2. The van der Waals surface area contributed by atoms with E-state index in [0.717, 1.165) is 23.8 Å². The number of furan rings is 1. The number of hydrogen-bond acceptors (Lipinski definition) is 2. The van der Waals surface area contributed by atoms with E-state index in [-0.39, 0.29) is 0 Å². The van der Waals surface area contributed by atoms with Gasteiger partial charge in [0, 0.05) is 10.4 Å². The molecule has 0 bridgehead atoms. The van der Waals surface area contributed by atoms with E-state index >= 15 is 0 Å². The summed E-state index contributed by atoms with van der Waals surface area (Å²) in [6.45, 7) is 2.13. The maximum Gasteiger partial charge on any atom is 0.136 e. The van der Waals surface area contributed by atoms with Crippen LogP contribution in [-0.2, 0) is 5.60 Å². The molecular weight excluding hydrogens is 224 g/mol. The van der Waals surface area contributed by atoms with Crippen LogP contribution in [0.5, 0.6) is 0 Å². The average Bonchev–Trinajstić information content (AvgIpc) is 2.58. The van der Waals surface area contributed by atoms with E-state index in [1.54, 1.807) is 6.07 Å². The summed E-state index contributed by atoms with van der Waals surface area (Å²) in [4.78, 5) is 0. The molecule has 1 aliphatic carbocycles. The van der Waals surface area contributed by atoms with Gasteiger partial charge < -0.3 is 9.52 Å². The average molecular weight is 237 g/mol. The summed E-state index contributed by atoms with van der Waals surface area (Å²) in [6, 6.07) is 7.39. The van der Waals surface area contributed by atoms with Crippen molar-refractivity contribution in [3.63, 3.8) is 0 Å². The number of aliphatic hydroxyl groups is 1. The molecule has 1 N–H and O–H groups in total. The first-order chi connectivity index (χ1) is 7.57. The van der Waals surface area contributed by atoms with Gasteiger partial charge in [0.15, 0.2) is 0 Å². The molecule has 3 rings (SSSR count). The van der Waals surface area contributed by atoms with Crippen molar-refractivity contribution in [3.8, 4) is 0 Å². The first-order valence-corrected chi connectivity index (χ1v) is 5.87. The zero-order valence-electron chi connectivity index (χ0n) is 9.03. The van der Waals surface area contributed by atoms with Gasteiger partial charge in [-0.1, -0.05) is 18.5 Å². The van der Waals surface area contributed by atoms with E-state index in [0.29, 0.717) is 16.7 Å². The zero-order valence-corrected chi connectivity index (χ0v) is 9.79. The Kier molecular flexibility index (Phi) is 2.07. The molecule has 1 heterocycles. The maximum absolute atomic E-state index is 10.3. The van der Waals surface area contributed by atoms with Gasteiger partial charge in [0.2, 0.25) is 0 Å². The molecule has 0 spiro atoms. The predicted molar refractivity (Wildman–Crippen MR) is 63.5 cm³/mol. The SMILES string of the molecule is CC1CC(O)(c2cc3cc(Cl)ccc3o2)C1. The Balaban J connectivity index is 2.06. The highest BCUT2D eigenvalue weighted by atomic mass is 35.5. The fraction of sp³-hybridized carbons (Fsp3) is 0.385. The maximum atomic E-state index is 10.3. The molecule has 2 nitrogen and oxygen atoms in total. The monoisotopic (exact) mass is 236 g/mol. The van der Waals surface area contributed by atoms with Crippen LogP contribution in [0.3, 0.4) is 0 Å². The Hall–Kier alpha value is -0.990. The molecule has 0 unspecified atom stereocenters. The molecule has 0 saturated heterocycles.